The third-order valence-corrected chi connectivity index (χ3v) is 8.86. The molecule has 8 nitrogen and oxygen atoms in total. The summed E-state index contributed by atoms with van der Waals surface area (Å²) in [4.78, 5) is 43.2. The summed E-state index contributed by atoms with van der Waals surface area (Å²) in [5.74, 6) is -1.24. The number of halogens is 3. The third kappa shape index (κ3) is 4.36. The van der Waals surface area contributed by atoms with Gasteiger partial charge in [-0.3, -0.25) is 19.1 Å². The number of amides is 2. The van der Waals surface area contributed by atoms with Crippen LogP contribution >= 0.6 is 23.2 Å². The summed E-state index contributed by atoms with van der Waals surface area (Å²) >= 11 is 12.2. The molecule has 0 N–H and O–H groups in total. The van der Waals surface area contributed by atoms with Crippen molar-refractivity contribution in [3.8, 4) is 0 Å². The first kappa shape index (κ1) is 26.1. The molecule has 2 aliphatic heterocycles. The molecule has 204 valence electrons. The van der Waals surface area contributed by atoms with Gasteiger partial charge in [0.25, 0.3) is 17.4 Å². The van der Waals surface area contributed by atoms with E-state index in [2.05, 4.69) is 0 Å². The van der Waals surface area contributed by atoms with Crippen LogP contribution in [-0.2, 0) is 13.0 Å². The monoisotopic (exact) mass is 571 g/mol. The molecule has 0 bridgehead atoms. The molecule has 3 aromatic rings. The second-order valence-corrected chi connectivity index (χ2v) is 11.7. The molecular formula is C28H28Cl2FN5O3. The van der Waals surface area contributed by atoms with Gasteiger partial charge in [-0.25, -0.2) is 4.39 Å². The number of nitrogens with zero attached hydrogens (tertiary/aromatic N) is 5. The van der Waals surface area contributed by atoms with Crippen molar-refractivity contribution in [2.75, 3.05) is 6.54 Å². The van der Waals surface area contributed by atoms with E-state index in [4.69, 9.17) is 28.3 Å². The Kier molecular flexibility index (Phi) is 6.34. The molecule has 1 fully saturated rings. The molecule has 6 rings (SSSR count). The number of hydrogen-bond donors (Lipinski definition) is 0. The molecule has 2 aromatic heterocycles. The van der Waals surface area contributed by atoms with Crippen molar-refractivity contribution in [1.29, 1.82) is 0 Å². The third-order valence-electron chi connectivity index (χ3n) is 8.12. The lowest BCUT2D eigenvalue weighted by Gasteiger charge is -2.37. The average Bonchev–Trinajstić information content (AvgIpc) is 3.68. The maximum Gasteiger partial charge on any atom is 0.286 e. The summed E-state index contributed by atoms with van der Waals surface area (Å²) in [6.07, 6.45) is 3.89. The highest BCUT2D eigenvalue weighted by atomic mass is 35.5. The molecule has 1 aliphatic carbocycles. The second-order valence-electron chi connectivity index (χ2n) is 10.9. The first-order valence-electron chi connectivity index (χ1n) is 13.1. The molecule has 3 atom stereocenters. The normalized spacial score (nSPS) is 21.5. The van der Waals surface area contributed by atoms with E-state index in [0.29, 0.717) is 39.8 Å². The number of benzene rings is 1. The maximum absolute atomic E-state index is 14.6. The largest absolute Gasteiger partial charge is 0.331 e. The number of hydrogen-bond acceptors (Lipinski definition) is 4. The smallest absolute Gasteiger partial charge is 0.286 e. The Morgan fingerprint density at radius 2 is 1.85 bits per heavy atom. The Morgan fingerprint density at radius 3 is 2.54 bits per heavy atom. The highest BCUT2D eigenvalue weighted by molar-refractivity contribution is 6.42. The number of aromatic nitrogens is 3. The van der Waals surface area contributed by atoms with Gasteiger partial charge in [-0.1, -0.05) is 23.2 Å². The van der Waals surface area contributed by atoms with Crippen LogP contribution in [0.4, 0.5) is 4.39 Å². The predicted octanol–water partition coefficient (Wildman–Crippen LogP) is 5.19. The summed E-state index contributed by atoms with van der Waals surface area (Å²) < 4.78 is 17.8. The number of carbonyl (C=O) groups excluding carboxylic acids is 2. The van der Waals surface area contributed by atoms with Gasteiger partial charge < -0.3 is 14.4 Å². The highest BCUT2D eigenvalue weighted by Gasteiger charge is 2.41. The highest BCUT2D eigenvalue weighted by Crippen LogP contribution is 2.37. The molecule has 0 saturated heterocycles. The van der Waals surface area contributed by atoms with Gasteiger partial charge in [0.1, 0.15) is 5.69 Å². The van der Waals surface area contributed by atoms with Gasteiger partial charge in [0.2, 0.25) is 0 Å². The summed E-state index contributed by atoms with van der Waals surface area (Å²) in [5.41, 5.74) is 2.35. The zero-order chi connectivity index (χ0) is 27.7. The number of pyridine rings is 1. The Balaban J connectivity index is 1.33. The number of fused-ring (bicyclic) bond motifs is 3. The van der Waals surface area contributed by atoms with Gasteiger partial charge in [0.05, 0.1) is 34.4 Å². The summed E-state index contributed by atoms with van der Waals surface area (Å²) in [7, 11) is 0. The molecule has 39 heavy (non-hydrogen) atoms. The molecule has 0 radical (unpaired) electrons. The first-order chi connectivity index (χ1) is 18.5. The quantitative estimate of drug-likeness (QED) is 0.431. The van der Waals surface area contributed by atoms with Gasteiger partial charge in [-0.05, 0) is 63.4 Å². The van der Waals surface area contributed by atoms with E-state index in [-0.39, 0.29) is 36.5 Å². The maximum atomic E-state index is 14.6. The minimum atomic E-state index is -0.809. The average molecular weight is 572 g/mol. The summed E-state index contributed by atoms with van der Waals surface area (Å²) in [6.45, 7) is 6.41. The van der Waals surface area contributed by atoms with Crippen molar-refractivity contribution < 1.29 is 14.0 Å². The van der Waals surface area contributed by atoms with Crippen molar-refractivity contribution >= 4 is 35.0 Å². The molecule has 3 aliphatic rings. The van der Waals surface area contributed by atoms with Gasteiger partial charge in [-0.15, -0.1) is 0 Å². The van der Waals surface area contributed by atoms with Gasteiger partial charge in [-0.2, -0.15) is 5.10 Å². The van der Waals surface area contributed by atoms with Crippen molar-refractivity contribution in [2.24, 2.45) is 0 Å². The predicted molar refractivity (Wildman–Crippen MR) is 145 cm³/mol. The molecular weight excluding hydrogens is 544 g/mol. The fourth-order valence-electron chi connectivity index (χ4n) is 5.71. The first-order valence-corrected chi connectivity index (χ1v) is 13.9. The van der Waals surface area contributed by atoms with Crippen LogP contribution in [0.5, 0.6) is 0 Å². The minimum absolute atomic E-state index is 0.0182. The fraction of sp³-hybridized carbons (Fsp3) is 0.429. The Hall–Kier alpha value is -3.17. The zero-order valence-corrected chi connectivity index (χ0v) is 23.3. The zero-order valence-electron chi connectivity index (χ0n) is 21.8. The molecule has 1 aromatic carbocycles. The van der Waals surface area contributed by atoms with Gasteiger partial charge in [0.15, 0.2) is 5.82 Å². The van der Waals surface area contributed by atoms with Crippen LogP contribution in [0.1, 0.15) is 89.4 Å². The lowest BCUT2D eigenvalue weighted by molar-refractivity contribution is 0.0573. The van der Waals surface area contributed by atoms with Crippen LogP contribution < -0.4 is 5.56 Å². The van der Waals surface area contributed by atoms with Crippen LogP contribution in [0.25, 0.3) is 0 Å². The Morgan fingerprint density at radius 1 is 1.10 bits per heavy atom. The molecule has 0 spiro atoms. The number of carbonyl (C=O) groups is 2. The molecule has 1 unspecified atom stereocenters. The lowest BCUT2D eigenvalue weighted by atomic mass is 9.96. The molecule has 1 saturated carbocycles. The van der Waals surface area contributed by atoms with Gasteiger partial charge in [0, 0.05) is 42.4 Å². The van der Waals surface area contributed by atoms with Crippen LogP contribution in [0.2, 0.25) is 10.0 Å². The van der Waals surface area contributed by atoms with Crippen LogP contribution in [0, 0.1) is 5.82 Å². The summed E-state index contributed by atoms with van der Waals surface area (Å²) in [5, 5.41) is 5.46. The fourth-order valence-corrected chi connectivity index (χ4v) is 6.01. The van der Waals surface area contributed by atoms with E-state index < -0.39 is 17.4 Å². The number of rotatable bonds is 4. The topological polar surface area (TPSA) is 80.4 Å². The SMILES string of the molecule is CC(c1cc(F)c(=O)n(C2CC2)c1)N1C[C@@H](C)n2nc3c(c2C1=O)CN(C(=O)c1ccc(Cl)c(Cl)c1)[C@H](C)C3. The van der Waals surface area contributed by atoms with E-state index in [1.165, 1.54) is 10.6 Å². The molecule has 2 amide bonds. The Bertz CT molecular complexity index is 1580. The van der Waals surface area contributed by atoms with Crippen LogP contribution in [-0.4, -0.2) is 48.5 Å². The van der Waals surface area contributed by atoms with Gasteiger partial charge >= 0.3 is 0 Å². The molecule has 4 heterocycles. The molecule has 11 heteroatoms. The van der Waals surface area contributed by atoms with Crippen molar-refractivity contribution in [3.05, 3.63) is 84.8 Å². The van der Waals surface area contributed by atoms with Crippen molar-refractivity contribution in [2.45, 2.75) is 70.7 Å². The van der Waals surface area contributed by atoms with Crippen LogP contribution in [0.3, 0.4) is 0 Å². The van der Waals surface area contributed by atoms with E-state index in [1.54, 1.807) is 38.9 Å². The van der Waals surface area contributed by atoms with E-state index in [0.717, 1.165) is 24.1 Å². The van der Waals surface area contributed by atoms with Crippen molar-refractivity contribution in [1.82, 2.24) is 24.1 Å². The lowest BCUT2D eigenvalue weighted by Crippen LogP contribution is -2.45. The van der Waals surface area contributed by atoms with Crippen molar-refractivity contribution in [3.63, 3.8) is 0 Å². The van der Waals surface area contributed by atoms with Crippen LogP contribution in [0.15, 0.2) is 35.3 Å². The van der Waals surface area contributed by atoms with E-state index in [1.807, 2.05) is 20.8 Å². The standard InChI is InChI=1S/C28H28Cl2FN5O3/c1-14-8-24-20(13-33(14)26(37)17-4-7-21(29)22(30)9-17)25-28(39)34(11-15(2)36(25)32-24)16(3)18-10-23(31)27(38)35(12-18)19-5-6-19/h4,7,9-10,12,14-16,19H,5-6,8,11,13H2,1-3H3/t14-,15-,16?/m1/s1. The Labute approximate surface area is 234 Å². The summed E-state index contributed by atoms with van der Waals surface area (Å²) in [6, 6.07) is 5.33. The van der Waals surface area contributed by atoms with E-state index >= 15 is 0 Å². The van der Waals surface area contributed by atoms with E-state index in [9.17, 15) is 18.8 Å². The minimum Gasteiger partial charge on any atom is -0.331 e. The second kappa shape index (κ2) is 9.48.